The van der Waals surface area contributed by atoms with Crippen LogP contribution in [0.15, 0.2) is 61.1 Å². The number of carbonyl (C=O) groups is 1. The summed E-state index contributed by atoms with van der Waals surface area (Å²) in [6.07, 6.45) is 5.01. The van der Waals surface area contributed by atoms with Crippen molar-refractivity contribution in [2.45, 2.75) is 0 Å². The van der Waals surface area contributed by atoms with Gasteiger partial charge in [0.1, 0.15) is 0 Å². The van der Waals surface area contributed by atoms with Gasteiger partial charge < -0.3 is 10.8 Å². The minimum absolute atomic E-state index is 0.203. The number of pyridine rings is 1. The standard InChI is InChI=1S/C18H13N5O2/c19-16-15(14-7-3-4-8-20-14)17-21-9-11(10-23(17)22-16)12-5-1-2-6-13(12)18(24)25/h1-10H,(H2,19,22)(H,24,25). The van der Waals surface area contributed by atoms with Crippen molar-refractivity contribution >= 4 is 17.4 Å². The fraction of sp³-hybridized carbons (Fsp3) is 0. The number of hydrogen-bond donors (Lipinski definition) is 2. The van der Waals surface area contributed by atoms with E-state index < -0.39 is 5.97 Å². The Morgan fingerprint density at radius 1 is 1.08 bits per heavy atom. The van der Waals surface area contributed by atoms with Crippen LogP contribution < -0.4 is 5.73 Å². The van der Waals surface area contributed by atoms with E-state index in [0.29, 0.717) is 33.8 Å². The maximum Gasteiger partial charge on any atom is 0.336 e. The monoisotopic (exact) mass is 331 g/mol. The number of fused-ring (bicyclic) bond motifs is 1. The van der Waals surface area contributed by atoms with Crippen molar-refractivity contribution in [3.05, 3.63) is 66.6 Å². The molecule has 0 aliphatic rings. The summed E-state index contributed by atoms with van der Waals surface area (Å²) >= 11 is 0. The lowest BCUT2D eigenvalue weighted by atomic mass is 10.0. The summed E-state index contributed by atoms with van der Waals surface area (Å²) in [6, 6.07) is 12.3. The maximum atomic E-state index is 11.4. The van der Waals surface area contributed by atoms with Crippen molar-refractivity contribution in [1.82, 2.24) is 19.6 Å². The van der Waals surface area contributed by atoms with Crippen molar-refractivity contribution in [3.63, 3.8) is 0 Å². The van der Waals surface area contributed by atoms with Crippen LogP contribution in [0.2, 0.25) is 0 Å². The molecule has 0 saturated carbocycles. The van der Waals surface area contributed by atoms with Crippen molar-refractivity contribution in [3.8, 4) is 22.4 Å². The highest BCUT2D eigenvalue weighted by Gasteiger charge is 2.17. The molecule has 0 amide bonds. The lowest BCUT2D eigenvalue weighted by Crippen LogP contribution is -2.00. The van der Waals surface area contributed by atoms with E-state index >= 15 is 0 Å². The molecule has 0 bridgehead atoms. The van der Waals surface area contributed by atoms with E-state index in [1.165, 1.54) is 0 Å². The van der Waals surface area contributed by atoms with Gasteiger partial charge >= 0.3 is 5.97 Å². The molecule has 7 heteroatoms. The molecule has 0 aliphatic carbocycles. The van der Waals surface area contributed by atoms with Crippen molar-refractivity contribution in [2.75, 3.05) is 5.73 Å². The Hall–Kier alpha value is -3.74. The number of nitrogen functional groups attached to an aromatic ring is 1. The molecule has 4 rings (SSSR count). The van der Waals surface area contributed by atoms with Crippen LogP contribution in [0.5, 0.6) is 0 Å². The van der Waals surface area contributed by atoms with Crippen LogP contribution >= 0.6 is 0 Å². The first kappa shape index (κ1) is 14.8. The number of hydrogen-bond acceptors (Lipinski definition) is 5. The third kappa shape index (κ3) is 2.47. The summed E-state index contributed by atoms with van der Waals surface area (Å²) in [5.74, 6) is -0.681. The van der Waals surface area contributed by atoms with E-state index in [4.69, 9.17) is 5.73 Å². The van der Waals surface area contributed by atoms with Crippen LogP contribution in [0.1, 0.15) is 10.4 Å². The average Bonchev–Trinajstić information content (AvgIpc) is 2.97. The number of nitrogens with two attached hydrogens (primary N) is 1. The molecule has 3 aromatic heterocycles. The molecule has 3 N–H and O–H groups in total. The molecule has 7 nitrogen and oxygen atoms in total. The zero-order chi connectivity index (χ0) is 17.4. The Morgan fingerprint density at radius 3 is 2.64 bits per heavy atom. The van der Waals surface area contributed by atoms with Crippen molar-refractivity contribution in [2.24, 2.45) is 0 Å². The summed E-state index contributed by atoms with van der Waals surface area (Å²) < 4.78 is 1.55. The van der Waals surface area contributed by atoms with E-state index in [1.807, 2.05) is 18.2 Å². The zero-order valence-corrected chi connectivity index (χ0v) is 13.0. The third-order valence-electron chi connectivity index (χ3n) is 3.89. The van der Waals surface area contributed by atoms with Crippen molar-refractivity contribution < 1.29 is 9.90 Å². The molecule has 0 radical (unpaired) electrons. The summed E-state index contributed by atoms with van der Waals surface area (Å²) in [5, 5.41) is 13.7. The van der Waals surface area contributed by atoms with Crippen molar-refractivity contribution in [1.29, 1.82) is 0 Å². The fourth-order valence-electron chi connectivity index (χ4n) is 2.77. The Kier molecular flexibility index (Phi) is 3.39. The van der Waals surface area contributed by atoms with Gasteiger partial charge in [-0.05, 0) is 23.8 Å². The molecule has 0 fully saturated rings. The topological polar surface area (TPSA) is 106 Å². The maximum absolute atomic E-state index is 11.4. The van der Waals surface area contributed by atoms with Gasteiger partial charge in [-0.1, -0.05) is 24.3 Å². The number of anilines is 1. The van der Waals surface area contributed by atoms with Crippen LogP contribution in [0, 0.1) is 0 Å². The normalized spacial score (nSPS) is 10.9. The zero-order valence-electron chi connectivity index (χ0n) is 13.0. The predicted octanol–water partition coefficient (Wildman–Crippen LogP) is 2.74. The second-order valence-corrected chi connectivity index (χ2v) is 5.44. The first-order chi connectivity index (χ1) is 12.1. The Morgan fingerprint density at radius 2 is 1.88 bits per heavy atom. The Labute approximate surface area is 142 Å². The molecule has 0 unspecified atom stereocenters. The molecule has 25 heavy (non-hydrogen) atoms. The largest absolute Gasteiger partial charge is 0.478 e. The molecule has 3 heterocycles. The highest BCUT2D eigenvalue weighted by atomic mass is 16.4. The first-order valence-corrected chi connectivity index (χ1v) is 7.53. The minimum atomic E-state index is -0.996. The number of benzene rings is 1. The van der Waals surface area contributed by atoms with E-state index in [-0.39, 0.29) is 5.56 Å². The molecule has 4 aromatic rings. The smallest absolute Gasteiger partial charge is 0.336 e. The number of carboxylic acids is 1. The van der Waals surface area contributed by atoms with Crippen LogP contribution in [-0.2, 0) is 0 Å². The second kappa shape index (κ2) is 5.72. The highest BCUT2D eigenvalue weighted by Crippen LogP contribution is 2.29. The van der Waals surface area contributed by atoms with Gasteiger partial charge in [-0.15, -0.1) is 5.10 Å². The van der Waals surface area contributed by atoms with Gasteiger partial charge in [0.25, 0.3) is 0 Å². The summed E-state index contributed by atoms with van der Waals surface area (Å²) in [5.41, 5.74) is 9.35. The van der Waals surface area contributed by atoms with Gasteiger partial charge in [0, 0.05) is 24.2 Å². The molecule has 0 aliphatic heterocycles. The molecular weight excluding hydrogens is 318 g/mol. The van der Waals surface area contributed by atoms with E-state index in [2.05, 4.69) is 15.1 Å². The predicted molar refractivity (Wildman–Crippen MR) is 93.0 cm³/mol. The average molecular weight is 331 g/mol. The SMILES string of the molecule is Nc1nn2cc(-c3ccccc3C(=O)O)cnc2c1-c1ccccn1. The van der Waals surface area contributed by atoms with Gasteiger partial charge in [-0.2, -0.15) is 0 Å². The Bertz CT molecular complexity index is 1090. The molecule has 1 aromatic carbocycles. The van der Waals surface area contributed by atoms with Gasteiger partial charge in [-0.3, -0.25) is 4.98 Å². The summed E-state index contributed by atoms with van der Waals surface area (Å²) in [6.45, 7) is 0. The lowest BCUT2D eigenvalue weighted by molar-refractivity contribution is 0.0697. The van der Waals surface area contributed by atoms with Crippen LogP contribution in [0.25, 0.3) is 28.0 Å². The van der Waals surface area contributed by atoms with Crippen LogP contribution in [0.3, 0.4) is 0 Å². The summed E-state index contributed by atoms with van der Waals surface area (Å²) in [7, 11) is 0. The van der Waals surface area contributed by atoms with E-state index in [0.717, 1.165) is 0 Å². The minimum Gasteiger partial charge on any atom is -0.478 e. The van der Waals surface area contributed by atoms with Crippen LogP contribution in [0.4, 0.5) is 5.82 Å². The van der Waals surface area contributed by atoms with E-state index in [1.54, 1.807) is 47.4 Å². The fourth-order valence-corrected chi connectivity index (χ4v) is 2.77. The first-order valence-electron chi connectivity index (χ1n) is 7.53. The van der Waals surface area contributed by atoms with E-state index in [9.17, 15) is 9.90 Å². The highest BCUT2D eigenvalue weighted by molar-refractivity contribution is 5.96. The molecular formula is C18H13N5O2. The van der Waals surface area contributed by atoms with Gasteiger partial charge in [0.05, 0.1) is 16.8 Å². The number of nitrogens with zero attached hydrogens (tertiary/aromatic N) is 4. The molecule has 0 saturated heterocycles. The van der Waals surface area contributed by atoms with Gasteiger partial charge in [0.2, 0.25) is 0 Å². The molecule has 0 atom stereocenters. The third-order valence-corrected chi connectivity index (χ3v) is 3.89. The van der Waals surface area contributed by atoms with Gasteiger partial charge in [0.15, 0.2) is 11.5 Å². The Balaban J connectivity index is 1.90. The molecule has 0 spiro atoms. The second-order valence-electron chi connectivity index (χ2n) is 5.44. The lowest BCUT2D eigenvalue weighted by Gasteiger charge is -2.06. The number of carboxylic acid groups (broad SMARTS) is 1. The quantitative estimate of drug-likeness (QED) is 0.598. The molecule has 122 valence electrons. The number of aromatic carboxylic acids is 1. The van der Waals surface area contributed by atoms with Crippen LogP contribution in [-0.4, -0.2) is 30.7 Å². The summed E-state index contributed by atoms with van der Waals surface area (Å²) in [4.78, 5) is 20.2. The van der Waals surface area contributed by atoms with Gasteiger partial charge in [-0.25, -0.2) is 14.3 Å². The number of aromatic nitrogens is 4. The number of rotatable bonds is 3.